The molecule has 0 amide bonds. The number of ketones is 1. The number of carbonyl (C=O) groups excluding carboxylic acids is 2. The Balaban J connectivity index is 4.27. The molecule has 16 heavy (non-hydrogen) atoms. The second kappa shape index (κ2) is 6.04. The molecule has 0 radical (unpaired) electrons. The normalized spacial score (nSPS) is 15.3. The van der Waals surface area contributed by atoms with E-state index in [-0.39, 0.29) is 0 Å². The molecule has 0 spiro atoms. The van der Waals surface area contributed by atoms with Crippen LogP contribution in [0.15, 0.2) is 0 Å². The van der Waals surface area contributed by atoms with Crippen LogP contribution >= 0.6 is 7.82 Å². The first-order chi connectivity index (χ1) is 7.17. The van der Waals surface area contributed by atoms with E-state index in [0.29, 0.717) is 0 Å². The van der Waals surface area contributed by atoms with Gasteiger partial charge in [-0.15, -0.1) is 0 Å². The molecular weight excluding hydrogens is 247 g/mol. The third kappa shape index (κ3) is 5.91. The smallest absolute Gasteiger partial charge is 0.394 e. The third-order valence-corrected chi connectivity index (χ3v) is 1.86. The molecule has 0 heterocycles. The first-order valence-corrected chi connectivity index (χ1v) is 5.49. The number of carbonyl (C=O) groups is 2. The zero-order valence-electron chi connectivity index (χ0n) is 7.89. The summed E-state index contributed by atoms with van der Waals surface area (Å²) in [6.07, 6.45) is -4.27. The molecule has 0 aliphatic rings. The van der Waals surface area contributed by atoms with Crippen LogP contribution in [0.25, 0.3) is 0 Å². The van der Waals surface area contributed by atoms with Crippen LogP contribution in [0.5, 0.6) is 0 Å². The average molecular weight is 258 g/mol. The second-order valence-corrected chi connectivity index (χ2v) is 3.98. The zero-order chi connectivity index (χ0) is 12.9. The second-order valence-electron chi connectivity index (χ2n) is 2.81. The van der Waals surface area contributed by atoms with Crippen molar-refractivity contribution in [2.24, 2.45) is 0 Å². The van der Waals surface area contributed by atoms with E-state index >= 15 is 0 Å². The van der Waals surface area contributed by atoms with Crippen LogP contribution in [0.3, 0.4) is 0 Å². The Morgan fingerprint density at radius 2 is 1.69 bits per heavy atom. The molecule has 5 N–H and O–H groups in total. The van der Waals surface area contributed by atoms with Gasteiger partial charge in [-0.05, 0) is 0 Å². The summed E-state index contributed by atoms with van der Waals surface area (Å²) >= 11 is 0. The fourth-order valence-corrected chi connectivity index (χ4v) is 1.01. The van der Waals surface area contributed by atoms with Crippen molar-refractivity contribution >= 4 is 19.6 Å². The standard InChI is InChI=1S/C6H11O9P/c7-2-5(10)3(8)1-4(9)6(11)15-16(12,13)14/h3,5,7-8,10H,1-2H2,(H2,12,13,14)/t3-,5-/m1/s1. The maximum atomic E-state index is 10.9. The molecule has 0 saturated carbocycles. The maximum Gasteiger partial charge on any atom is 0.527 e. The Labute approximate surface area is 89.5 Å². The third-order valence-electron chi connectivity index (χ3n) is 1.46. The Morgan fingerprint density at radius 3 is 2.06 bits per heavy atom. The molecule has 0 unspecified atom stereocenters. The van der Waals surface area contributed by atoms with Crippen LogP contribution < -0.4 is 0 Å². The van der Waals surface area contributed by atoms with Crippen LogP contribution in [0.2, 0.25) is 0 Å². The van der Waals surface area contributed by atoms with Gasteiger partial charge in [0.15, 0.2) is 0 Å². The Hall–Kier alpha value is -0.830. The molecule has 0 aromatic carbocycles. The SMILES string of the molecule is O=C(C[C@@H](O)[C@H](O)CO)C(=O)OP(=O)(O)O. The van der Waals surface area contributed by atoms with E-state index in [9.17, 15) is 14.2 Å². The van der Waals surface area contributed by atoms with Gasteiger partial charge < -0.3 is 19.8 Å². The summed E-state index contributed by atoms with van der Waals surface area (Å²) in [7, 11) is -5.11. The van der Waals surface area contributed by atoms with Gasteiger partial charge >= 0.3 is 13.8 Å². The highest BCUT2D eigenvalue weighted by atomic mass is 31.2. The first-order valence-electron chi connectivity index (χ1n) is 3.96. The van der Waals surface area contributed by atoms with Gasteiger partial charge in [0.1, 0.15) is 6.10 Å². The topological polar surface area (TPSA) is 162 Å². The predicted molar refractivity (Wildman–Crippen MR) is 46.9 cm³/mol. The lowest BCUT2D eigenvalue weighted by atomic mass is 10.1. The summed E-state index contributed by atoms with van der Waals surface area (Å²) < 4.78 is 13.6. The Morgan fingerprint density at radius 1 is 1.19 bits per heavy atom. The van der Waals surface area contributed by atoms with E-state index in [4.69, 9.17) is 25.1 Å². The van der Waals surface area contributed by atoms with Crippen molar-refractivity contribution in [2.75, 3.05) is 6.61 Å². The molecule has 94 valence electrons. The molecule has 0 fully saturated rings. The van der Waals surface area contributed by atoms with Gasteiger partial charge in [-0.2, -0.15) is 0 Å². The van der Waals surface area contributed by atoms with Crippen LogP contribution in [0.4, 0.5) is 0 Å². The monoisotopic (exact) mass is 258 g/mol. The number of phosphoric acid groups is 1. The summed E-state index contributed by atoms with van der Waals surface area (Å²) in [5.74, 6) is -3.25. The molecule has 10 heteroatoms. The van der Waals surface area contributed by atoms with Crippen LogP contribution in [-0.2, 0) is 18.7 Å². The quantitative estimate of drug-likeness (QED) is 0.252. The summed E-state index contributed by atoms with van der Waals surface area (Å²) in [5, 5.41) is 26.2. The minimum Gasteiger partial charge on any atom is -0.394 e. The lowest BCUT2D eigenvalue weighted by Crippen LogP contribution is -2.33. The lowest BCUT2D eigenvalue weighted by Gasteiger charge is -2.13. The molecule has 0 aliphatic heterocycles. The van der Waals surface area contributed by atoms with Crippen molar-refractivity contribution in [3.8, 4) is 0 Å². The number of rotatable bonds is 6. The molecule has 0 aromatic rings. The van der Waals surface area contributed by atoms with Gasteiger partial charge in [-0.3, -0.25) is 14.6 Å². The fraction of sp³-hybridized carbons (Fsp3) is 0.667. The number of Topliss-reactive ketones (excluding diaryl/α,β-unsaturated/α-hetero) is 1. The Kier molecular flexibility index (Phi) is 5.73. The van der Waals surface area contributed by atoms with E-state index in [1.807, 2.05) is 0 Å². The van der Waals surface area contributed by atoms with Gasteiger partial charge in [0.25, 0.3) is 0 Å². The van der Waals surface area contributed by atoms with Gasteiger partial charge in [0.2, 0.25) is 5.78 Å². The Bertz CT molecular complexity index is 307. The van der Waals surface area contributed by atoms with E-state index in [2.05, 4.69) is 4.52 Å². The van der Waals surface area contributed by atoms with Crippen molar-refractivity contribution < 1.29 is 43.8 Å². The molecule has 9 nitrogen and oxygen atoms in total. The molecule has 0 bridgehead atoms. The molecule has 2 atom stereocenters. The number of hydrogen-bond donors (Lipinski definition) is 5. The van der Waals surface area contributed by atoms with Crippen molar-refractivity contribution in [2.45, 2.75) is 18.6 Å². The largest absolute Gasteiger partial charge is 0.527 e. The van der Waals surface area contributed by atoms with Crippen LogP contribution in [0, 0.1) is 0 Å². The minimum atomic E-state index is -5.11. The van der Waals surface area contributed by atoms with E-state index < -0.39 is 44.8 Å². The minimum absolute atomic E-state index is 0.831. The number of aliphatic hydroxyl groups is 3. The van der Waals surface area contributed by atoms with Crippen molar-refractivity contribution in [1.29, 1.82) is 0 Å². The molecule has 0 aromatic heterocycles. The highest BCUT2D eigenvalue weighted by molar-refractivity contribution is 7.47. The highest BCUT2D eigenvalue weighted by Gasteiger charge is 2.29. The summed E-state index contributed by atoms with van der Waals surface area (Å²) in [4.78, 5) is 37.9. The van der Waals surface area contributed by atoms with E-state index in [0.717, 1.165) is 0 Å². The van der Waals surface area contributed by atoms with Crippen LogP contribution in [0.1, 0.15) is 6.42 Å². The van der Waals surface area contributed by atoms with Crippen molar-refractivity contribution in [3.05, 3.63) is 0 Å². The zero-order valence-corrected chi connectivity index (χ0v) is 8.78. The molecule has 0 saturated heterocycles. The molecule has 0 aliphatic carbocycles. The molecular formula is C6H11O9P. The van der Waals surface area contributed by atoms with E-state index in [1.54, 1.807) is 0 Å². The average Bonchev–Trinajstić information content (AvgIpc) is 2.13. The predicted octanol–water partition coefficient (Wildman–Crippen LogP) is -2.70. The van der Waals surface area contributed by atoms with Gasteiger partial charge in [-0.1, -0.05) is 0 Å². The van der Waals surface area contributed by atoms with Crippen LogP contribution in [-0.4, -0.2) is 55.7 Å². The first kappa shape index (κ1) is 15.2. The summed E-state index contributed by atoms with van der Waals surface area (Å²) in [5.41, 5.74) is 0. The summed E-state index contributed by atoms with van der Waals surface area (Å²) in [6, 6.07) is 0. The van der Waals surface area contributed by atoms with Gasteiger partial charge in [0.05, 0.1) is 12.7 Å². The van der Waals surface area contributed by atoms with Crippen molar-refractivity contribution in [3.63, 3.8) is 0 Å². The van der Waals surface area contributed by atoms with Gasteiger partial charge in [0, 0.05) is 6.42 Å². The fourth-order valence-electron chi connectivity index (χ4n) is 0.690. The lowest BCUT2D eigenvalue weighted by molar-refractivity contribution is -0.150. The maximum absolute atomic E-state index is 10.9. The number of hydrogen-bond acceptors (Lipinski definition) is 7. The van der Waals surface area contributed by atoms with E-state index in [1.165, 1.54) is 0 Å². The molecule has 0 rings (SSSR count). The number of phosphoric ester groups is 1. The highest BCUT2D eigenvalue weighted by Crippen LogP contribution is 2.35. The number of aliphatic hydroxyl groups excluding tert-OH is 3. The van der Waals surface area contributed by atoms with Gasteiger partial charge in [-0.25, -0.2) is 9.36 Å². The summed E-state index contributed by atoms with van der Waals surface area (Å²) in [6.45, 7) is -0.831. The van der Waals surface area contributed by atoms with Crippen molar-refractivity contribution in [1.82, 2.24) is 0 Å².